The molecular weight excluding hydrogens is 254 g/mol. The van der Waals surface area contributed by atoms with Crippen LogP contribution in [-0.4, -0.2) is 20.8 Å². The summed E-state index contributed by atoms with van der Waals surface area (Å²) in [4.78, 5) is 29.5. The quantitative estimate of drug-likeness (QED) is 0.723. The Morgan fingerprint density at radius 3 is 2.80 bits per heavy atom. The number of benzene rings is 1. The lowest BCUT2D eigenvalue weighted by molar-refractivity contribution is 0.112. The van der Waals surface area contributed by atoms with Gasteiger partial charge in [-0.1, -0.05) is 0 Å². The monoisotopic (exact) mass is 267 g/mol. The highest BCUT2D eigenvalue weighted by Gasteiger charge is 2.07. The van der Waals surface area contributed by atoms with E-state index in [4.69, 9.17) is 0 Å². The topological polar surface area (TPSA) is 67.8 Å². The van der Waals surface area contributed by atoms with E-state index in [2.05, 4.69) is 9.97 Å². The molecule has 1 aromatic carbocycles. The lowest BCUT2D eigenvalue weighted by atomic mass is 10.1. The number of hydrogen-bond donors (Lipinski definition) is 1. The van der Waals surface area contributed by atoms with Crippen LogP contribution in [0.1, 0.15) is 21.6 Å². The average molecular weight is 267 g/mol. The third kappa shape index (κ3) is 1.93. The second-order valence-electron chi connectivity index (χ2n) is 4.78. The lowest BCUT2D eigenvalue weighted by Crippen LogP contribution is -2.11. The first-order valence-electron chi connectivity index (χ1n) is 6.23. The number of nitrogens with zero attached hydrogens (tertiary/aromatic N) is 2. The van der Waals surface area contributed by atoms with Crippen LogP contribution >= 0.6 is 0 Å². The third-order valence-electron chi connectivity index (χ3n) is 3.31. The number of aromatic nitrogens is 3. The molecule has 0 aliphatic carbocycles. The van der Waals surface area contributed by atoms with Gasteiger partial charge in [0.1, 0.15) is 5.69 Å². The number of hydrogen-bond acceptors (Lipinski definition) is 3. The molecule has 0 atom stereocenters. The summed E-state index contributed by atoms with van der Waals surface area (Å²) in [5, 5.41) is 0. The smallest absolute Gasteiger partial charge is 0.269 e. The normalized spacial score (nSPS) is 10.9. The molecule has 0 spiro atoms. The van der Waals surface area contributed by atoms with E-state index in [1.807, 2.05) is 29.8 Å². The fourth-order valence-electron chi connectivity index (χ4n) is 2.23. The fraction of sp³-hybridized carbons (Fsp3) is 0.133. The zero-order chi connectivity index (χ0) is 14.3. The number of aromatic amines is 1. The lowest BCUT2D eigenvalue weighted by Gasteiger charge is -2.09. The summed E-state index contributed by atoms with van der Waals surface area (Å²) in [5.74, 6) is 0. The van der Waals surface area contributed by atoms with Crippen LogP contribution in [0.5, 0.6) is 0 Å². The third-order valence-corrected chi connectivity index (χ3v) is 3.31. The molecule has 100 valence electrons. The Morgan fingerprint density at radius 2 is 2.10 bits per heavy atom. The van der Waals surface area contributed by atoms with E-state index in [-0.39, 0.29) is 5.56 Å². The van der Waals surface area contributed by atoms with Gasteiger partial charge in [-0.05, 0) is 37.6 Å². The Hall–Kier alpha value is -2.69. The highest BCUT2D eigenvalue weighted by Crippen LogP contribution is 2.20. The molecule has 3 rings (SSSR count). The van der Waals surface area contributed by atoms with Gasteiger partial charge in [0.05, 0.1) is 16.7 Å². The zero-order valence-electron chi connectivity index (χ0n) is 11.2. The molecule has 0 aliphatic heterocycles. The van der Waals surface area contributed by atoms with Gasteiger partial charge in [0.25, 0.3) is 5.56 Å². The van der Waals surface area contributed by atoms with Crippen LogP contribution in [0.2, 0.25) is 0 Å². The maximum atomic E-state index is 11.6. The van der Waals surface area contributed by atoms with Gasteiger partial charge in [-0.25, -0.2) is 4.98 Å². The van der Waals surface area contributed by atoms with Crippen molar-refractivity contribution in [3.05, 3.63) is 57.8 Å². The molecule has 20 heavy (non-hydrogen) atoms. The molecule has 0 saturated heterocycles. The maximum absolute atomic E-state index is 11.6. The molecule has 0 bridgehead atoms. The van der Waals surface area contributed by atoms with Crippen LogP contribution < -0.4 is 5.56 Å². The maximum Gasteiger partial charge on any atom is 0.269 e. The number of fused-ring (bicyclic) bond motifs is 1. The van der Waals surface area contributed by atoms with Crippen LogP contribution in [0.4, 0.5) is 0 Å². The number of rotatable bonds is 2. The van der Waals surface area contributed by atoms with E-state index in [1.165, 1.54) is 0 Å². The molecule has 0 saturated carbocycles. The van der Waals surface area contributed by atoms with E-state index >= 15 is 0 Å². The molecule has 0 amide bonds. The van der Waals surface area contributed by atoms with E-state index < -0.39 is 0 Å². The van der Waals surface area contributed by atoms with Crippen molar-refractivity contribution >= 4 is 17.3 Å². The predicted molar refractivity (Wildman–Crippen MR) is 76.6 cm³/mol. The van der Waals surface area contributed by atoms with Crippen LogP contribution in [0, 0.1) is 13.8 Å². The molecule has 0 unspecified atom stereocenters. The van der Waals surface area contributed by atoms with Crippen molar-refractivity contribution in [2.45, 2.75) is 13.8 Å². The van der Waals surface area contributed by atoms with Gasteiger partial charge in [0.15, 0.2) is 6.29 Å². The van der Waals surface area contributed by atoms with Crippen molar-refractivity contribution in [1.29, 1.82) is 0 Å². The number of carbonyl (C=O) groups excluding carboxylic acids is 1. The highest BCUT2D eigenvalue weighted by atomic mass is 16.1. The van der Waals surface area contributed by atoms with Gasteiger partial charge in [-0.2, -0.15) is 0 Å². The molecule has 2 aromatic heterocycles. The molecule has 5 nitrogen and oxygen atoms in total. The van der Waals surface area contributed by atoms with Crippen LogP contribution in [0.15, 0.2) is 35.4 Å². The molecular formula is C15H13N3O2. The second kappa shape index (κ2) is 4.45. The minimum absolute atomic E-state index is 0.172. The number of H-pyrrole nitrogens is 1. The van der Waals surface area contributed by atoms with Gasteiger partial charge in [-0.3, -0.25) is 9.59 Å². The summed E-state index contributed by atoms with van der Waals surface area (Å²) in [7, 11) is 0. The summed E-state index contributed by atoms with van der Waals surface area (Å²) in [6.07, 6.45) is 4.41. The summed E-state index contributed by atoms with van der Waals surface area (Å²) in [6, 6.07) is 5.55. The Labute approximate surface area is 114 Å². The number of aryl methyl sites for hydroxylation is 2. The average Bonchev–Trinajstić information content (AvgIpc) is 2.89. The molecule has 5 heteroatoms. The van der Waals surface area contributed by atoms with E-state index in [0.717, 1.165) is 23.1 Å². The molecule has 0 radical (unpaired) electrons. The second-order valence-corrected chi connectivity index (χ2v) is 4.78. The van der Waals surface area contributed by atoms with Gasteiger partial charge >= 0.3 is 0 Å². The van der Waals surface area contributed by atoms with Crippen LogP contribution in [0.3, 0.4) is 0 Å². The van der Waals surface area contributed by atoms with Gasteiger partial charge in [-0.15, -0.1) is 0 Å². The molecule has 2 heterocycles. The number of aldehydes is 1. The standard InChI is InChI=1S/C15H13N3O2/c1-9-5-12-13(16-10(2)15(20)17-12)6-14(9)18-4-3-11(7-18)8-19/h3-8H,1-2H3,(H,17,20). The Balaban J connectivity index is 2.25. The van der Waals surface area contributed by atoms with Crippen molar-refractivity contribution < 1.29 is 4.79 Å². The Kier molecular flexibility index (Phi) is 2.75. The van der Waals surface area contributed by atoms with Crippen molar-refractivity contribution in [3.63, 3.8) is 0 Å². The summed E-state index contributed by atoms with van der Waals surface area (Å²) in [5.41, 5.74) is 4.25. The predicted octanol–water partition coefficient (Wildman–Crippen LogP) is 2.14. The summed E-state index contributed by atoms with van der Waals surface area (Å²) in [6.45, 7) is 3.63. The molecule has 3 aromatic rings. The fourth-order valence-corrected chi connectivity index (χ4v) is 2.23. The van der Waals surface area contributed by atoms with E-state index in [1.54, 1.807) is 19.2 Å². The summed E-state index contributed by atoms with van der Waals surface area (Å²) < 4.78 is 1.88. The van der Waals surface area contributed by atoms with Gasteiger partial charge in [0.2, 0.25) is 0 Å². The summed E-state index contributed by atoms with van der Waals surface area (Å²) >= 11 is 0. The first-order valence-corrected chi connectivity index (χ1v) is 6.23. The highest BCUT2D eigenvalue weighted by molar-refractivity contribution is 5.79. The van der Waals surface area contributed by atoms with Crippen molar-refractivity contribution in [1.82, 2.24) is 14.5 Å². The van der Waals surface area contributed by atoms with Crippen molar-refractivity contribution in [3.8, 4) is 5.69 Å². The number of carbonyl (C=O) groups is 1. The first kappa shape index (κ1) is 12.3. The molecule has 0 fully saturated rings. The SMILES string of the molecule is Cc1cc2[nH]c(=O)c(C)nc2cc1-n1ccc(C=O)c1. The minimum Gasteiger partial charge on any atom is -0.323 e. The van der Waals surface area contributed by atoms with Crippen LogP contribution in [0.25, 0.3) is 16.7 Å². The van der Waals surface area contributed by atoms with Gasteiger partial charge < -0.3 is 9.55 Å². The van der Waals surface area contributed by atoms with E-state index in [9.17, 15) is 9.59 Å². The minimum atomic E-state index is -0.172. The number of nitrogens with one attached hydrogen (secondary N) is 1. The van der Waals surface area contributed by atoms with Crippen molar-refractivity contribution in [2.24, 2.45) is 0 Å². The largest absolute Gasteiger partial charge is 0.323 e. The molecule has 0 aliphatic rings. The Bertz CT molecular complexity index is 874. The zero-order valence-corrected chi connectivity index (χ0v) is 11.2. The first-order chi connectivity index (χ1) is 9.58. The van der Waals surface area contributed by atoms with Gasteiger partial charge in [0, 0.05) is 18.0 Å². The van der Waals surface area contributed by atoms with E-state index in [0.29, 0.717) is 16.8 Å². The molecule has 1 N–H and O–H groups in total. The van der Waals surface area contributed by atoms with Crippen molar-refractivity contribution in [2.75, 3.05) is 0 Å². The Morgan fingerprint density at radius 1 is 1.30 bits per heavy atom. The van der Waals surface area contributed by atoms with Crippen LogP contribution in [-0.2, 0) is 0 Å².